The average molecular weight is 298 g/mol. The first-order valence-corrected chi connectivity index (χ1v) is 6.11. The van der Waals surface area contributed by atoms with Gasteiger partial charge in [-0.15, -0.1) is 0 Å². The van der Waals surface area contributed by atoms with Crippen LogP contribution in [0.3, 0.4) is 0 Å². The summed E-state index contributed by atoms with van der Waals surface area (Å²) >= 11 is 0. The molecule has 3 N–H and O–H groups in total. The Bertz CT molecular complexity index is 606. The third kappa shape index (κ3) is 3.15. The van der Waals surface area contributed by atoms with Gasteiger partial charge >= 0.3 is 5.97 Å². The number of anilines is 1. The van der Waals surface area contributed by atoms with Crippen molar-refractivity contribution in [1.29, 1.82) is 0 Å². The molecule has 0 spiro atoms. The van der Waals surface area contributed by atoms with E-state index < -0.39 is 42.2 Å². The van der Waals surface area contributed by atoms with E-state index in [1.165, 1.54) is 6.07 Å². The summed E-state index contributed by atoms with van der Waals surface area (Å²) in [6, 6.07) is 1.85. The van der Waals surface area contributed by atoms with Crippen LogP contribution in [0.2, 0.25) is 0 Å². The van der Waals surface area contributed by atoms with Crippen molar-refractivity contribution in [3.63, 3.8) is 0 Å². The topological polar surface area (TPSA) is 95.5 Å². The lowest BCUT2D eigenvalue weighted by molar-refractivity contribution is -0.142. The maximum atomic E-state index is 13.1. The smallest absolute Gasteiger partial charge is 0.328 e. The number of rotatable bonds is 4. The highest BCUT2D eigenvalue weighted by atomic mass is 19.1. The second kappa shape index (κ2) is 5.86. The van der Waals surface area contributed by atoms with Crippen molar-refractivity contribution >= 4 is 23.5 Å². The van der Waals surface area contributed by atoms with E-state index in [-0.39, 0.29) is 12.1 Å². The summed E-state index contributed by atoms with van der Waals surface area (Å²) in [4.78, 5) is 34.3. The Hall–Kier alpha value is -2.51. The lowest BCUT2D eigenvalue weighted by Crippen LogP contribution is -2.45. The Balaban J connectivity index is 2.26. The van der Waals surface area contributed by atoms with E-state index in [0.29, 0.717) is 5.56 Å². The Morgan fingerprint density at radius 3 is 2.81 bits per heavy atom. The third-order valence-corrected chi connectivity index (χ3v) is 3.14. The lowest BCUT2D eigenvalue weighted by Gasteiger charge is -2.25. The number of carbonyl (C=O) groups excluding carboxylic acids is 2. The number of halogens is 2. The standard InChI is InChI=1S/C13H12F2N2O4/c14-5-10(13(20)21)17-12(19)8-4-11(18)16-9-3-6(15)1-2-7(8)9/h1-3,8,10H,4-5H2,(H,16,18)(H,17,19)(H,20,21). The SMILES string of the molecule is O=C1CC(C(=O)NC(CF)C(=O)O)c2ccc(F)cc2N1. The minimum atomic E-state index is -1.67. The minimum Gasteiger partial charge on any atom is -0.480 e. The van der Waals surface area contributed by atoms with E-state index in [4.69, 9.17) is 5.11 Å². The summed E-state index contributed by atoms with van der Waals surface area (Å²) in [6.45, 7) is -1.27. The normalized spacial score (nSPS) is 18.4. The first-order valence-electron chi connectivity index (χ1n) is 6.11. The van der Waals surface area contributed by atoms with Crippen LogP contribution >= 0.6 is 0 Å². The van der Waals surface area contributed by atoms with Crippen LogP contribution in [-0.2, 0) is 14.4 Å². The molecule has 1 aromatic rings. The summed E-state index contributed by atoms with van der Waals surface area (Å²) in [6.07, 6.45) is -0.219. The fourth-order valence-corrected chi connectivity index (χ4v) is 2.11. The van der Waals surface area contributed by atoms with Gasteiger partial charge in [0, 0.05) is 12.1 Å². The molecule has 0 radical (unpaired) electrons. The molecule has 2 amide bonds. The van der Waals surface area contributed by atoms with Crippen LogP contribution in [0.5, 0.6) is 0 Å². The van der Waals surface area contributed by atoms with E-state index in [0.717, 1.165) is 12.1 Å². The number of carboxylic acid groups (broad SMARTS) is 1. The Kier molecular flexibility index (Phi) is 4.15. The monoisotopic (exact) mass is 298 g/mol. The number of benzene rings is 1. The van der Waals surface area contributed by atoms with Crippen LogP contribution in [0.1, 0.15) is 17.9 Å². The molecule has 2 atom stereocenters. The summed E-state index contributed by atoms with van der Waals surface area (Å²) in [5.41, 5.74) is 0.509. The van der Waals surface area contributed by atoms with Gasteiger partial charge in [-0.3, -0.25) is 9.59 Å². The van der Waals surface area contributed by atoms with Crippen molar-refractivity contribution in [1.82, 2.24) is 5.32 Å². The third-order valence-electron chi connectivity index (χ3n) is 3.14. The van der Waals surface area contributed by atoms with Crippen LogP contribution in [0.25, 0.3) is 0 Å². The minimum absolute atomic E-state index is 0.151. The van der Waals surface area contributed by atoms with Gasteiger partial charge in [-0.05, 0) is 17.7 Å². The van der Waals surface area contributed by atoms with Crippen molar-refractivity contribution in [2.24, 2.45) is 0 Å². The maximum Gasteiger partial charge on any atom is 0.328 e. The number of carboxylic acids is 1. The zero-order valence-electron chi connectivity index (χ0n) is 10.7. The van der Waals surface area contributed by atoms with Gasteiger partial charge in [0.05, 0.1) is 5.92 Å². The first-order chi connectivity index (χ1) is 9.92. The molecule has 0 saturated carbocycles. The molecule has 0 aliphatic carbocycles. The summed E-state index contributed by atoms with van der Waals surface area (Å²) in [5.74, 6) is -4.36. The van der Waals surface area contributed by atoms with Gasteiger partial charge in [-0.1, -0.05) is 6.07 Å². The van der Waals surface area contributed by atoms with Gasteiger partial charge in [0.2, 0.25) is 11.8 Å². The molecule has 1 aromatic carbocycles. The van der Waals surface area contributed by atoms with Crippen LogP contribution in [0.4, 0.5) is 14.5 Å². The quantitative estimate of drug-likeness (QED) is 0.766. The van der Waals surface area contributed by atoms with E-state index in [1.54, 1.807) is 0 Å². The van der Waals surface area contributed by atoms with Crippen molar-refractivity contribution < 1.29 is 28.3 Å². The summed E-state index contributed by atoms with van der Waals surface area (Å²) in [7, 11) is 0. The van der Waals surface area contributed by atoms with Crippen LogP contribution in [-0.4, -0.2) is 35.6 Å². The predicted molar refractivity (Wildman–Crippen MR) is 67.9 cm³/mol. The molecule has 2 rings (SSSR count). The number of amides is 2. The van der Waals surface area contributed by atoms with Crippen molar-refractivity contribution in [3.8, 4) is 0 Å². The molecule has 0 aromatic heterocycles. The first kappa shape index (κ1) is 14.9. The molecule has 0 fully saturated rings. The average Bonchev–Trinajstić information content (AvgIpc) is 2.42. The molecular formula is C13H12F2N2O4. The molecule has 6 nitrogen and oxygen atoms in total. The highest BCUT2D eigenvalue weighted by molar-refractivity contribution is 6.01. The Morgan fingerprint density at radius 2 is 2.19 bits per heavy atom. The second-order valence-corrected chi connectivity index (χ2v) is 4.59. The van der Waals surface area contributed by atoms with E-state index >= 15 is 0 Å². The fraction of sp³-hybridized carbons (Fsp3) is 0.308. The van der Waals surface area contributed by atoms with Gasteiger partial charge in [-0.25, -0.2) is 13.6 Å². The largest absolute Gasteiger partial charge is 0.480 e. The van der Waals surface area contributed by atoms with Gasteiger partial charge < -0.3 is 15.7 Å². The van der Waals surface area contributed by atoms with Gasteiger partial charge in [0.1, 0.15) is 12.5 Å². The highest BCUT2D eigenvalue weighted by Crippen LogP contribution is 2.32. The molecule has 1 aliphatic heterocycles. The number of fused-ring (bicyclic) bond motifs is 1. The molecule has 112 valence electrons. The molecule has 0 saturated heterocycles. The zero-order chi connectivity index (χ0) is 15.6. The van der Waals surface area contributed by atoms with Crippen LogP contribution < -0.4 is 10.6 Å². The van der Waals surface area contributed by atoms with E-state index in [1.807, 2.05) is 5.32 Å². The zero-order valence-corrected chi connectivity index (χ0v) is 10.7. The second-order valence-electron chi connectivity index (χ2n) is 4.59. The number of carbonyl (C=O) groups is 3. The summed E-state index contributed by atoms with van der Waals surface area (Å²) < 4.78 is 25.7. The molecule has 0 bridgehead atoms. The van der Waals surface area contributed by atoms with Gasteiger partial charge in [-0.2, -0.15) is 0 Å². The number of aliphatic carboxylic acids is 1. The van der Waals surface area contributed by atoms with Gasteiger partial charge in [0.15, 0.2) is 6.04 Å². The predicted octanol–water partition coefficient (Wildman–Crippen LogP) is 0.790. The lowest BCUT2D eigenvalue weighted by atomic mass is 9.89. The van der Waals surface area contributed by atoms with Crippen LogP contribution in [0, 0.1) is 5.82 Å². The molecule has 21 heavy (non-hydrogen) atoms. The maximum absolute atomic E-state index is 13.1. The number of alkyl halides is 1. The Labute approximate surface area is 118 Å². The molecule has 1 aliphatic rings. The van der Waals surface area contributed by atoms with E-state index in [2.05, 4.69) is 5.32 Å². The summed E-state index contributed by atoms with van der Waals surface area (Å²) in [5, 5.41) is 13.2. The highest BCUT2D eigenvalue weighted by Gasteiger charge is 2.33. The molecule has 2 unspecified atom stereocenters. The Morgan fingerprint density at radius 1 is 1.48 bits per heavy atom. The molecule has 8 heteroatoms. The fourth-order valence-electron chi connectivity index (χ4n) is 2.11. The van der Waals surface area contributed by atoms with Crippen LogP contribution in [0.15, 0.2) is 18.2 Å². The van der Waals surface area contributed by atoms with Crippen molar-refractivity contribution in [2.75, 3.05) is 12.0 Å². The van der Waals surface area contributed by atoms with Crippen molar-refractivity contribution in [3.05, 3.63) is 29.6 Å². The van der Waals surface area contributed by atoms with Crippen molar-refractivity contribution in [2.45, 2.75) is 18.4 Å². The number of hydrogen-bond donors (Lipinski definition) is 3. The molecule has 1 heterocycles. The molecular weight excluding hydrogens is 286 g/mol. The number of nitrogens with one attached hydrogen (secondary N) is 2. The number of hydrogen-bond acceptors (Lipinski definition) is 3. The van der Waals surface area contributed by atoms with Gasteiger partial charge in [0.25, 0.3) is 0 Å². The van der Waals surface area contributed by atoms with E-state index in [9.17, 15) is 23.2 Å².